The highest BCUT2D eigenvalue weighted by Gasteiger charge is 2.19. The highest BCUT2D eigenvalue weighted by atomic mass is 32.2. The second kappa shape index (κ2) is 5.78. The van der Waals surface area contributed by atoms with Crippen LogP contribution in [0.25, 0.3) is 10.7 Å². The van der Waals surface area contributed by atoms with Gasteiger partial charge in [0.1, 0.15) is 0 Å². The second-order valence-corrected chi connectivity index (χ2v) is 6.44. The maximum absolute atomic E-state index is 11.2. The predicted octanol–water partition coefficient (Wildman–Crippen LogP) is 3.09. The predicted molar refractivity (Wildman–Crippen MR) is 85.4 cm³/mol. The minimum absolute atomic E-state index is 0.0330. The Morgan fingerprint density at radius 2 is 2.18 bits per heavy atom. The van der Waals surface area contributed by atoms with E-state index in [2.05, 4.69) is 10.2 Å². The van der Waals surface area contributed by atoms with Crippen LogP contribution in [-0.4, -0.2) is 19.8 Å². The Hall–Kier alpha value is -2.39. The molecular formula is C13H11N5O2S2. The first kappa shape index (κ1) is 14.5. The molecule has 2 aromatic heterocycles. The molecule has 3 aromatic rings. The molecule has 9 heteroatoms. The van der Waals surface area contributed by atoms with Crippen LogP contribution in [0.3, 0.4) is 0 Å². The number of aryl methyl sites for hydroxylation is 1. The van der Waals surface area contributed by atoms with E-state index in [1.165, 1.54) is 22.1 Å². The molecule has 0 aliphatic rings. The third-order valence-electron chi connectivity index (χ3n) is 2.92. The SMILES string of the molecule is Cc1ccc(Sc2nnc(-c3cccs3)n2N)c([N+](=O)[O-])c1. The zero-order chi connectivity index (χ0) is 15.7. The Kier molecular flexibility index (Phi) is 3.82. The summed E-state index contributed by atoms with van der Waals surface area (Å²) in [6.45, 7) is 1.81. The van der Waals surface area contributed by atoms with Crippen LogP contribution in [-0.2, 0) is 0 Å². The molecule has 0 fully saturated rings. The van der Waals surface area contributed by atoms with Gasteiger partial charge in [-0.3, -0.25) is 10.1 Å². The third-order valence-corrected chi connectivity index (χ3v) is 4.81. The van der Waals surface area contributed by atoms with Crippen molar-refractivity contribution in [3.05, 3.63) is 51.4 Å². The van der Waals surface area contributed by atoms with E-state index in [-0.39, 0.29) is 5.69 Å². The third kappa shape index (κ3) is 2.68. The number of thiophene rings is 1. The van der Waals surface area contributed by atoms with E-state index in [9.17, 15) is 10.1 Å². The maximum Gasteiger partial charge on any atom is 0.283 e. The van der Waals surface area contributed by atoms with Crippen LogP contribution < -0.4 is 5.84 Å². The Morgan fingerprint density at radius 3 is 2.86 bits per heavy atom. The van der Waals surface area contributed by atoms with Crippen LogP contribution in [0, 0.1) is 17.0 Å². The maximum atomic E-state index is 11.2. The lowest BCUT2D eigenvalue weighted by atomic mass is 10.2. The van der Waals surface area contributed by atoms with E-state index in [4.69, 9.17) is 5.84 Å². The van der Waals surface area contributed by atoms with Crippen LogP contribution in [0.5, 0.6) is 0 Å². The highest BCUT2D eigenvalue weighted by Crippen LogP contribution is 2.35. The van der Waals surface area contributed by atoms with E-state index in [1.54, 1.807) is 6.07 Å². The molecule has 0 saturated carbocycles. The molecule has 3 rings (SSSR count). The Balaban J connectivity index is 1.96. The first-order valence-corrected chi connectivity index (χ1v) is 7.93. The number of rotatable bonds is 4. The van der Waals surface area contributed by atoms with E-state index < -0.39 is 4.92 Å². The number of nitro groups is 1. The minimum atomic E-state index is -0.410. The van der Waals surface area contributed by atoms with Crippen molar-refractivity contribution in [3.63, 3.8) is 0 Å². The van der Waals surface area contributed by atoms with Crippen molar-refractivity contribution in [1.29, 1.82) is 0 Å². The number of nitrogens with zero attached hydrogens (tertiary/aromatic N) is 4. The fourth-order valence-corrected chi connectivity index (χ4v) is 3.42. The van der Waals surface area contributed by atoms with Gasteiger partial charge in [0.05, 0.1) is 14.7 Å². The summed E-state index contributed by atoms with van der Waals surface area (Å²) in [7, 11) is 0. The highest BCUT2D eigenvalue weighted by molar-refractivity contribution is 7.99. The summed E-state index contributed by atoms with van der Waals surface area (Å²) in [5.41, 5.74) is 0.857. The Bertz CT molecular complexity index is 829. The van der Waals surface area contributed by atoms with Gasteiger partial charge in [0.2, 0.25) is 5.16 Å². The first-order valence-electron chi connectivity index (χ1n) is 6.23. The molecule has 0 aliphatic heterocycles. The molecular weight excluding hydrogens is 322 g/mol. The van der Waals surface area contributed by atoms with Gasteiger partial charge in [-0.15, -0.1) is 21.5 Å². The van der Waals surface area contributed by atoms with Crippen molar-refractivity contribution in [1.82, 2.24) is 14.9 Å². The Morgan fingerprint density at radius 1 is 1.36 bits per heavy atom. The van der Waals surface area contributed by atoms with Gasteiger partial charge >= 0.3 is 0 Å². The lowest BCUT2D eigenvalue weighted by molar-refractivity contribution is -0.387. The van der Waals surface area contributed by atoms with Crippen molar-refractivity contribution in [2.45, 2.75) is 17.0 Å². The molecule has 0 radical (unpaired) electrons. The number of nitro benzene ring substituents is 1. The topological polar surface area (TPSA) is 99.9 Å². The molecule has 22 heavy (non-hydrogen) atoms. The van der Waals surface area contributed by atoms with E-state index in [1.807, 2.05) is 30.5 Å². The minimum Gasteiger partial charge on any atom is -0.335 e. The zero-order valence-corrected chi connectivity index (χ0v) is 13.1. The first-order chi connectivity index (χ1) is 10.6. The van der Waals surface area contributed by atoms with Gasteiger partial charge in [0.15, 0.2) is 5.82 Å². The monoisotopic (exact) mass is 333 g/mol. The van der Waals surface area contributed by atoms with Crippen LogP contribution in [0.4, 0.5) is 5.69 Å². The van der Waals surface area contributed by atoms with Crippen molar-refractivity contribution in [3.8, 4) is 10.7 Å². The van der Waals surface area contributed by atoms with Crippen molar-refractivity contribution < 1.29 is 4.92 Å². The molecule has 0 saturated heterocycles. The summed E-state index contributed by atoms with van der Waals surface area (Å²) < 4.78 is 1.35. The molecule has 7 nitrogen and oxygen atoms in total. The van der Waals surface area contributed by atoms with Gasteiger partial charge in [-0.2, -0.15) is 0 Å². The summed E-state index contributed by atoms with van der Waals surface area (Å²) >= 11 is 2.62. The van der Waals surface area contributed by atoms with Gasteiger partial charge in [-0.05, 0) is 41.8 Å². The summed E-state index contributed by atoms with van der Waals surface area (Å²) in [4.78, 5) is 12.1. The zero-order valence-electron chi connectivity index (χ0n) is 11.5. The quantitative estimate of drug-likeness (QED) is 0.447. The second-order valence-electron chi connectivity index (χ2n) is 4.48. The number of aromatic nitrogens is 3. The normalized spacial score (nSPS) is 10.8. The van der Waals surface area contributed by atoms with Crippen LogP contribution >= 0.6 is 23.1 Å². The van der Waals surface area contributed by atoms with Gasteiger partial charge < -0.3 is 5.84 Å². The van der Waals surface area contributed by atoms with Gasteiger partial charge in [0.25, 0.3) is 5.69 Å². The molecule has 2 N–H and O–H groups in total. The van der Waals surface area contributed by atoms with Crippen LogP contribution in [0.2, 0.25) is 0 Å². The van der Waals surface area contributed by atoms with Crippen molar-refractivity contribution in [2.75, 3.05) is 5.84 Å². The molecule has 0 atom stereocenters. The molecule has 1 aromatic carbocycles. The number of hydrogen-bond acceptors (Lipinski definition) is 7. The molecule has 0 amide bonds. The van der Waals surface area contributed by atoms with Crippen molar-refractivity contribution >= 4 is 28.8 Å². The summed E-state index contributed by atoms with van der Waals surface area (Å²) in [5, 5.41) is 21.6. The summed E-state index contributed by atoms with van der Waals surface area (Å²) in [5.74, 6) is 6.54. The molecule has 2 heterocycles. The standard InChI is InChI=1S/C13H11N5O2S2/c1-8-4-5-10(9(7-8)18(19)20)22-13-16-15-12(17(13)14)11-3-2-6-21-11/h2-7H,14H2,1H3. The smallest absolute Gasteiger partial charge is 0.283 e. The van der Waals surface area contributed by atoms with E-state index in [0.717, 1.165) is 22.2 Å². The van der Waals surface area contributed by atoms with Crippen molar-refractivity contribution in [2.24, 2.45) is 0 Å². The molecule has 0 bridgehead atoms. The number of hydrogen-bond donors (Lipinski definition) is 1. The molecule has 0 aliphatic carbocycles. The fourth-order valence-electron chi connectivity index (χ4n) is 1.88. The fraction of sp³-hybridized carbons (Fsp3) is 0.0769. The number of nitrogens with two attached hydrogens (primary N) is 1. The van der Waals surface area contributed by atoms with Crippen LogP contribution in [0.1, 0.15) is 5.56 Å². The average Bonchev–Trinajstić information content (AvgIpc) is 3.11. The van der Waals surface area contributed by atoms with E-state index >= 15 is 0 Å². The van der Waals surface area contributed by atoms with Gasteiger partial charge in [0, 0.05) is 6.07 Å². The van der Waals surface area contributed by atoms with Gasteiger partial charge in [-0.1, -0.05) is 12.1 Å². The largest absolute Gasteiger partial charge is 0.335 e. The number of nitrogen functional groups attached to an aromatic ring is 1. The molecule has 0 unspecified atom stereocenters. The Labute approximate surface area is 133 Å². The molecule has 112 valence electrons. The van der Waals surface area contributed by atoms with Crippen LogP contribution in [0.15, 0.2) is 45.8 Å². The van der Waals surface area contributed by atoms with Gasteiger partial charge in [-0.25, -0.2) is 4.68 Å². The lowest BCUT2D eigenvalue weighted by Gasteiger charge is -2.04. The summed E-state index contributed by atoms with van der Waals surface area (Å²) in [6, 6.07) is 8.82. The lowest BCUT2D eigenvalue weighted by Crippen LogP contribution is -2.11. The van der Waals surface area contributed by atoms with E-state index in [0.29, 0.717) is 15.9 Å². The number of benzene rings is 1. The molecule has 0 spiro atoms. The average molecular weight is 333 g/mol. The summed E-state index contributed by atoms with van der Waals surface area (Å²) in [6.07, 6.45) is 0.